The standard InChI is InChI=1S/C15H24O3/c1-5-7-8-12(6-2)10-18-15(11-17)13(9-16)14(15,3)4/h12-13H,5-8,10H2,1-4H3. The third-order valence-corrected chi connectivity index (χ3v) is 4.36. The van der Waals surface area contributed by atoms with Gasteiger partial charge in [-0.25, -0.2) is 0 Å². The Kier molecular flexibility index (Phi) is 5.09. The van der Waals surface area contributed by atoms with Crippen molar-refractivity contribution in [1.29, 1.82) is 0 Å². The van der Waals surface area contributed by atoms with Gasteiger partial charge in [-0.3, -0.25) is 9.59 Å². The minimum atomic E-state index is -1.05. The van der Waals surface area contributed by atoms with Crippen molar-refractivity contribution in [2.45, 2.75) is 59.0 Å². The van der Waals surface area contributed by atoms with Gasteiger partial charge in [0, 0.05) is 5.41 Å². The molecular formula is C15H24O3. The molecule has 1 fully saturated rings. The zero-order chi connectivity index (χ0) is 13.8. The molecule has 3 nitrogen and oxygen atoms in total. The Morgan fingerprint density at radius 3 is 2.33 bits per heavy atom. The van der Waals surface area contributed by atoms with E-state index in [1.54, 1.807) is 0 Å². The van der Waals surface area contributed by atoms with Gasteiger partial charge < -0.3 is 4.74 Å². The van der Waals surface area contributed by atoms with Crippen LogP contribution in [-0.2, 0) is 14.3 Å². The minimum absolute atomic E-state index is 0.457. The van der Waals surface area contributed by atoms with Crippen molar-refractivity contribution in [1.82, 2.24) is 0 Å². The fraction of sp³-hybridized carbons (Fsp3) is 0.867. The van der Waals surface area contributed by atoms with E-state index in [2.05, 4.69) is 13.8 Å². The van der Waals surface area contributed by atoms with E-state index in [-0.39, 0.29) is 0 Å². The second-order valence-corrected chi connectivity index (χ2v) is 5.84. The van der Waals surface area contributed by atoms with Gasteiger partial charge in [0.2, 0.25) is 12.6 Å². The molecular weight excluding hydrogens is 228 g/mol. The zero-order valence-electron chi connectivity index (χ0n) is 11.9. The van der Waals surface area contributed by atoms with Crippen LogP contribution < -0.4 is 0 Å². The van der Waals surface area contributed by atoms with Crippen LogP contribution in [0.5, 0.6) is 0 Å². The first-order valence-corrected chi connectivity index (χ1v) is 6.91. The first-order chi connectivity index (χ1) is 8.50. The molecule has 1 aliphatic carbocycles. The summed E-state index contributed by atoms with van der Waals surface area (Å²) in [5, 5.41) is 0. The van der Waals surface area contributed by atoms with E-state index in [1.165, 1.54) is 6.42 Å². The smallest absolute Gasteiger partial charge is 0.234 e. The normalized spacial score (nSPS) is 30.8. The molecule has 3 unspecified atom stereocenters. The summed E-state index contributed by atoms with van der Waals surface area (Å²) in [6.07, 6.45) is 8.34. The summed E-state index contributed by atoms with van der Waals surface area (Å²) in [6.45, 7) is 8.55. The second kappa shape index (κ2) is 5.96. The Labute approximate surface area is 110 Å². The van der Waals surface area contributed by atoms with E-state index in [1.807, 2.05) is 26.4 Å². The number of hydrogen-bond donors (Lipinski definition) is 0. The average Bonchev–Trinajstić information content (AvgIpc) is 2.85. The molecule has 18 heavy (non-hydrogen) atoms. The van der Waals surface area contributed by atoms with E-state index in [9.17, 15) is 9.59 Å². The van der Waals surface area contributed by atoms with E-state index in [4.69, 9.17) is 4.74 Å². The van der Waals surface area contributed by atoms with Gasteiger partial charge in [0.05, 0.1) is 12.5 Å². The second-order valence-electron chi connectivity index (χ2n) is 5.84. The van der Waals surface area contributed by atoms with Crippen LogP contribution in [0.3, 0.4) is 0 Å². The Balaban J connectivity index is 2.55. The fourth-order valence-electron chi connectivity index (χ4n) is 2.59. The maximum Gasteiger partial charge on any atom is 0.234 e. The maximum absolute atomic E-state index is 11.2. The molecule has 3 atom stereocenters. The number of unbranched alkanes of at least 4 members (excludes halogenated alkanes) is 1. The molecule has 3 heteroatoms. The van der Waals surface area contributed by atoms with E-state index in [0.717, 1.165) is 19.3 Å². The van der Waals surface area contributed by atoms with Crippen molar-refractivity contribution in [2.24, 2.45) is 17.3 Å². The van der Waals surface area contributed by atoms with Gasteiger partial charge in [-0.1, -0.05) is 47.0 Å². The zero-order valence-corrected chi connectivity index (χ0v) is 11.9. The van der Waals surface area contributed by atoms with Crippen LogP contribution in [0, 0.1) is 17.3 Å². The summed E-state index contributed by atoms with van der Waals surface area (Å²) in [4.78, 5) is 22.0. The van der Waals surface area contributed by atoms with Crippen LogP contribution in [0.4, 0.5) is 0 Å². The minimum Gasteiger partial charge on any atom is -0.365 e. The molecule has 0 aromatic rings. The van der Waals surface area contributed by atoms with Gasteiger partial charge in [0.1, 0.15) is 0 Å². The number of hydrogen-bond acceptors (Lipinski definition) is 3. The van der Waals surface area contributed by atoms with Crippen molar-refractivity contribution in [2.75, 3.05) is 6.61 Å². The highest BCUT2D eigenvalue weighted by Crippen LogP contribution is 2.61. The topological polar surface area (TPSA) is 43.4 Å². The van der Waals surface area contributed by atoms with Crippen LogP contribution in [0.15, 0.2) is 0 Å². The largest absolute Gasteiger partial charge is 0.365 e. The third-order valence-electron chi connectivity index (χ3n) is 4.36. The average molecular weight is 252 g/mol. The Morgan fingerprint density at radius 1 is 1.28 bits per heavy atom. The summed E-state index contributed by atoms with van der Waals surface area (Å²) < 4.78 is 5.77. The molecule has 0 saturated heterocycles. The highest BCUT2D eigenvalue weighted by Gasteiger charge is 2.74. The fourth-order valence-corrected chi connectivity index (χ4v) is 2.59. The summed E-state index contributed by atoms with van der Waals surface area (Å²) in [7, 11) is 0. The lowest BCUT2D eigenvalue weighted by Crippen LogP contribution is -2.27. The lowest BCUT2D eigenvalue weighted by Gasteiger charge is -2.19. The third kappa shape index (κ3) is 2.51. The number of rotatable bonds is 9. The highest BCUT2D eigenvalue weighted by atomic mass is 16.5. The molecule has 0 heterocycles. The van der Waals surface area contributed by atoms with Crippen molar-refractivity contribution in [3.8, 4) is 0 Å². The van der Waals surface area contributed by atoms with Gasteiger partial charge in [0.15, 0.2) is 5.60 Å². The lowest BCUT2D eigenvalue weighted by atomic mass is 10.00. The van der Waals surface area contributed by atoms with Gasteiger partial charge >= 0.3 is 0 Å². The summed E-state index contributed by atoms with van der Waals surface area (Å²) >= 11 is 0. The van der Waals surface area contributed by atoms with Crippen LogP contribution in [-0.4, -0.2) is 24.8 Å². The van der Waals surface area contributed by atoms with Crippen LogP contribution in [0.2, 0.25) is 0 Å². The van der Waals surface area contributed by atoms with Crippen LogP contribution in [0.25, 0.3) is 0 Å². The number of ether oxygens (including phenoxy) is 1. The Morgan fingerprint density at radius 2 is 1.94 bits per heavy atom. The Bertz CT molecular complexity index is 298. The van der Waals surface area contributed by atoms with Crippen molar-refractivity contribution >= 4 is 12.6 Å². The molecule has 1 saturated carbocycles. The Hall–Kier alpha value is -0.700. The molecule has 0 spiro atoms. The molecule has 2 radical (unpaired) electrons. The molecule has 0 amide bonds. The monoisotopic (exact) mass is 252 g/mol. The van der Waals surface area contributed by atoms with Crippen LogP contribution >= 0.6 is 0 Å². The summed E-state index contributed by atoms with van der Waals surface area (Å²) in [5.74, 6) is -0.00921. The molecule has 0 N–H and O–H groups in total. The number of carbonyl (C=O) groups excluding carboxylic acids is 2. The molecule has 0 aromatic carbocycles. The maximum atomic E-state index is 11.2. The first kappa shape index (κ1) is 15.4. The van der Waals surface area contributed by atoms with E-state index in [0.29, 0.717) is 12.5 Å². The van der Waals surface area contributed by atoms with Gasteiger partial charge in [0.25, 0.3) is 0 Å². The SMILES string of the molecule is CCCCC(CC)COC1([C]=O)C([C]=O)C1(C)C. The molecule has 0 aromatic heterocycles. The quantitative estimate of drug-likeness (QED) is 0.633. The van der Waals surface area contributed by atoms with Crippen molar-refractivity contribution in [3.05, 3.63) is 0 Å². The highest BCUT2D eigenvalue weighted by molar-refractivity contribution is 5.83. The molecule has 102 valence electrons. The van der Waals surface area contributed by atoms with Gasteiger partial charge in [-0.05, 0) is 12.3 Å². The first-order valence-electron chi connectivity index (χ1n) is 6.91. The van der Waals surface area contributed by atoms with Crippen molar-refractivity contribution < 1.29 is 14.3 Å². The van der Waals surface area contributed by atoms with Crippen molar-refractivity contribution in [3.63, 3.8) is 0 Å². The molecule has 0 aliphatic heterocycles. The lowest BCUT2D eigenvalue weighted by molar-refractivity contribution is 0.0236. The predicted molar refractivity (Wildman–Crippen MR) is 70.6 cm³/mol. The van der Waals surface area contributed by atoms with E-state index < -0.39 is 16.9 Å². The van der Waals surface area contributed by atoms with Crippen LogP contribution in [0.1, 0.15) is 53.4 Å². The van der Waals surface area contributed by atoms with E-state index >= 15 is 0 Å². The van der Waals surface area contributed by atoms with Gasteiger partial charge in [-0.15, -0.1) is 0 Å². The van der Waals surface area contributed by atoms with Gasteiger partial charge in [-0.2, -0.15) is 0 Å². The molecule has 0 bridgehead atoms. The molecule has 1 rings (SSSR count). The summed E-state index contributed by atoms with van der Waals surface area (Å²) in [6, 6.07) is 0. The molecule has 1 aliphatic rings. The predicted octanol–water partition coefficient (Wildman–Crippen LogP) is 2.83. The summed E-state index contributed by atoms with van der Waals surface area (Å²) in [5.41, 5.74) is -1.51.